The monoisotopic (exact) mass is 491 g/mol. The third-order valence-electron chi connectivity index (χ3n) is 5.79. The van der Waals surface area contributed by atoms with Crippen molar-refractivity contribution in [1.82, 2.24) is 15.6 Å². The highest BCUT2D eigenvalue weighted by molar-refractivity contribution is 5.90. The summed E-state index contributed by atoms with van der Waals surface area (Å²) in [5.74, 6) is -1.21. The van der Waals surface area contributed by atoms with Crippen LogP contribution in [0.5, 0.6) is 0 Å². The second-order valence-electron chi connectivity index (χ2n) is 8.42. The van der Waals surface area contributed by atoms with Gasteiger partial charge in [-0.05, 0) is 41.0 Å². The van der Waals surface area contributed by atoms with Crippen LogP contribution in [-0.2, 0) is 20.9 Å². The maximum absolute atomic E-state index is 15.0. The molecule has 10 heteroatoms. The fourth-order valence-electron chi connectivity index (χ4n) is 3.95. The number of cyclic esters (lactones) is 1. The summed E-state index contributed by atoms with van der Waals surface area (Å²) in [6, 6.07) is 14.6. The number of carbonyl (C=O) groups excluding carboxylic acids is 3. The van der Waals surface area contributed by atoms with Gasteiger partial charge in [-0.3, -0.25) is 24.8 Å². The maximum atomic E-state index is 15.0. The summed E-state index contributed by atoms with van der Waals surface area (Å²) in [5.41, 5.74) is 8.51. The minimum absolute atomic E-state index is 0.196. The zero-order valence-corrected chi connectivity index (χ0v) is 19.6. The molecule has 0 saturated carbocycles. The number of pyridine rings is 1. The van der Waals surface area contributed by atoms with E-state index in [1.165, 1.54) is 17.9 Å². The minimum Gasteiger partial charge on any atom is -0.442 e. The highest BCUT2D eigenvalue weighted by Crippen LogP contribution is 2.29. The molecule has 0 spiro atoms. The van der Waals surface area contributed by atoms with E-state index >= 15 is 0 Å². The molecule has 4 N–H and O–H groups in total. The van der Waals surface area contributed by atoms with Crippen LogP contribution in [-0.4, -0.2) is 42.1 Å². The molecule has 1 aliphatic heterocycles. The molecule has 2 atom stereocenters. The largest absolute Gasteiger partial charge is 0.442 e. The van der Waals surface area contributed by atoms with Crippen molar-refractivity contribution in [2.45, 2.75) is 25.6 Å². The van der Waals surface area contributed by atoms with E-state index in [1.54, 1.807) is 48.8 Å². The average molecular weight is 492 g/mol. The highest BCUT2D eigenvalue weighted by Gasteiger charge is 2.32. The molecule has 3 amide bonds. The Labute approximate surface area is 207 Å². The van der Waals surface area contributed by atoms with Gasteiger partial charge in [-0.2, -0.15) is 0 Å². The van der Waals surface area contributed by atoms with Gasteiger partial charge in [0.2, 0.25) is 11.8 Å². The molecule has 4 rings (SSSR count). The first-order valence-electron chi connectivity index (χ1n) is 11.4. The van der Waals surface area contributed by atoms with Crippen LogP contribution in [0.25, 0.3) is 11.1 Å². The van der Waals surface area contributed by atoms with Crippen molar-refractivity contribution in [3.63, 3.8) is 0 Å². The highest BCUT2D eigenvalue weighted by atomic mass is 19.1. The number of carbonyl (C=O) groups is 3. The number of halogens is 1. The quantitative estimate of drug-likeness (QED) is 0.422. The summed E-state index contributed by atoms with van der Waals surface area (Å²) >= 11 is 0. The van der Waals surface area contributed by atoms with Crippen LogP contribution in [0, 0.1) is 5.82 Å². The summed E-state index contributed by atoms with van der Waals surface area (Å²) < 4.78 is 20.2. The molecule has 1 aromatic heterocycles. The number of anilines is 1. The van der Waals surface area contributed by atoms with E-state index in [1.807, 2.05) is 12.1 Å². The first-order chi connectivity index (χ1) is 17.3. The maximum Gasteiger partial charge on any atom is 0.414 e. The summed E-state index contributed by atoms with van der Waals surface area (Å²) in [6.45, 7) is 2.17. The van der Waals surface area contributed by atoms with E-state index in [0.717, 1.165) is 5.56 Å². The van der Waals surface area contributed by atoms with Gasteiger partial charge in [0.15, 0.2) is 0 Å². The SMILES string of the molecule is CC(=O)NC[C@H]1CN(c2ccc(-c3ccc(CNC(C(N)=O)c4cccnc4)cc3)c(F)c2)C(=O)O1. The van der Waals surface area contributed by atoms with E-state index < -0.39 is 30.0 Å². The van der Waals surface area contributed by atoms with Gasteiger partial charge in [0.25, 0.3) is 0 Å². The Morgan fingerprint density at radius 3 is 2.64 bits per heavy atom. The van der Waals surface area contributed by atoms with E-state index in [4.69, 9.17) is 10.5 Å². The van der Waals surface area contributed by atoms with E-state index in [0.29, 0.717) is 28.9 Å². The zero-order valence-electron chi connectivity index (χ0n) is 19.6. The van der Waals surface area contributed by atoms with Crippen LogP contribution >= 0.6 is 0 Å². The molecule has 1 aliphatic rings. The Bertz CT molecular complexity index is 1250. The van der Waals surface area contributed by atoms with Crippen molar-refractivity contribution in [3.8, 4) is 11.1 Å². The number of ether oxygens (including phenoxy) is 1. The second-order valence-corrected chi connectivity index (χ2v) is 8.42. The molecule has 2 heterocycles. The lowest BCUT2D eigenvalue weighted by Crippen LogP contribution is -2.33. The summed E-state index contributed by atoms with van der Waals surface area (Å²) in [6.07, 6.45) is 2.11. The molecule has 0 bridgehead atoms. The number of aromatic nitrogens is 1. The number of hydrogen-bond donors (Lipinski definition) is 3. The molecule has 3 aromatic rings. The number of amides is 3. The van der Waals surface area contributed by atoms with Crippen molar-refractivity contribution in [2.24, 2.45) is 5.73 Å². The van der Waals surface area contributed by atoms with Crippen LogP contribution < -0.4 is 21.3 Å². The first-order valence-corrected chi connectivity index (χ1v) is 11.4. The average Bonchev–Trinajstić information content (AvgIpc) is 3.24. The van der Waals surface area contributed by atoms with Gasteiger partial charge in [0, 0.05) is 31.4 Å². The topological polar surface area (TPSA) is 127 Å². The summed E-state index contributed by atoms with van der Waals surface area (Å²) in [5, 5.41) is 5.73. The van der Waals surface area contributed by atoms with Gasteiger partial charge in [-0.1, -0.05) is 30.3 Å². The molecule has 1 fully saturated rings. The molecule has 1 saturated heterocycles. The van der Waals surface area contributed by atoms with Crippen molar-refractivity contribution >= 4 is 23.6 Å². The van der Waals surface area contributed by atoms with Crippen LogP contribution in [0.3, 0.4) is 0 Å². The van der Waals surface area contributed by atoms with Gasteiger partial charge in [-0.15, -0.1) is 0 Å². The van der Waals surface area contributed by atoms with Gasteiger partial charge in [0.1, 0.15) is 18.0 Å². The minimum atomic E-state index is -0.682. The van der Waals surface area contributed by atoms with Crippen LogP contribution in [0.4, 0.5) is 14.9 Å². The van der Waals surface area contributed by atoms with Crippen molar-refractivity contribution in [2.75, 3.05) is 18.0 Å². The molecule has 0 aliphatic carbocycles. The summed E-state index contributed by atoms with van der Waals surface area (Å²) in [4.78, 5) is 40.5. The third-order valence-corrected chi connectivity index (χ3v) is 5.79. The molecule has 1 unspecified atom stereocenters. The number of benzene rings is 2. The first kappa shape index (κ1) is 24.8. The number of hydrogen-bond acceptors (Lipinski definition) is 6. The Hall–Kier alpha value is -4.31. The predicted octanol–water partition coefficient (Wildman–Crippen LogP) is 2.67. The van der Waals surface area contributed by atoms with Gasteiger partial charge in [-0.25, -0.2) is 9.18 Å². The lowest BCUT2D eigenvalue weighted by atomic mass is 10.0. The summed E-state index contributed by atoms with van der Waals surface area (Å²) in [7, 11) is 0. The van der Waals surface area contributed by atoms with E-state index in [-0.39, 0.29) is 19.0 Å². The zero-order chi connectivity index (χ0) is 25.7. The normalized spacial score (nSPS) is 15.9. The van der Waals surface area contributed by atoms with E-state index in [9.17, 15) is 18.8 Å². The lowest BCUT2D eigenvalue weighted by molar-refractivity contribution is -0.120. The van der Waals surface area contributed by atoms with Crippen molar-refractivity contribution in [1.29, 1.82) is 0 Å². The predicted molar refractivity (Wildman–Crippen MR) is 131 cm³/mol. The molecular formula is C26H26FN5O4. The number of rotatable bonds is 9. The Morgan fingerprint density at radius 1 is 1.22 bits per heavy atom. The molecule has 186 valence electrons. The van der Waals surface area contributed by atoms with Crippen LogP contribution in [0.1, 0.15) is 24.1 Å². The Kier molecular flexibility index (Phi) is 7.55. The molecular weight excluding hydrogens is 465 g/mol. The smallest absolute Gasteiger partial charge is 0.414 e. The standard InChI is InChI=1S/C26H26FN5O4/c1-16(33)30-14-21-15-32(26(35)36-21)20-8-9-22(23(27)11-20)18-6-4-17(5-7-18)12-31-24(25(28)34)19-3-2-10-29-13-19/h2-11,13,21,24,31H,12,14-15H2,1H3,(H2,28,34)(H,30,33)/t21-,24?/m0/s1. The van der Waals surface area contributed by atoms with Crippen LogP contribution in [0.2, 0.25) is 0 Å². The Balaban J connectivity index is 1.41. The van der Waals surface area contributed by atoms with Crippen molar-refractivity contribution < 1.29 is 23.5 Å². The van der Waals surface area contributed by atoms with Gasteiger partial charge >= 0.3 is 6.09 Å². The number of nitrogens with zero attached hydrogens (tertiary/aromatic N) is 2. The Morgan fingerprint density at radius 2 is 2.00 bits per heavy atom. The molecule has 0 radical (unpaired) electrons. The van der Waals surface area contributed by atoms with Gasteiger partial charge < -0.3 is 15.8 Å². The van der Waals surface area contributed by atoms with E-state index in [2.05, 4.69) is 15.6 Å². The third kappa shape index (κ3) is 5.84. The number of primary amides is 1. The fraction of sp³-hybridized carbons (Fsp3) is 0.231. The van der Waals surface area contributed by atoms with Crippen molar-refractivity contribution in [3.05, 3.63) is 83.9 Å². The molecule has 9 nitrogen and oxygen atoms in total. The second kappa shape index (κ2) is 11.0. The molecule has 2 aromatic carbocycles. The van der Waals surface area contributed by atoms with Crippen LogP contribution in [0.15, 0.2) is 67.0 Å². The number of nitrogens with two attached hydrogens (primary N) is 1. The fourth-order valence-corrected chi connectivity index (χ4v) is 3.95. The number of nitrogens with one attached hydrogen (secondary N) is 2. The lowest BCUT2D eigenvalue weighted by Gasteiger charge is -2.16. The van der Waals surface area contributed by atoms with Gasteiger partial charge in [0.05, 0.1) is 18.8 Å². The molecule has 36 heavy (non-hydrogen) atoms.